The van der Waals surface area contributed by atoms with Gasteiger partial charge in [0.05, 0.1) is 11.3 Å². The number of hydrazine groups is 1. The van der Waals surface area contributed by atoms with Crippen molar-refractivity contribution in [3.8, 4) is 0 Å². The number of alkyl halides is 1. The maximum atomic E-state index is 13.8. The largest absolute Gasteiger partial charge is 0.317 e. The van der Waals surface area contributed by atoms with E-state index in [4.69, 9.17) is 0 Å². The number of carbonyl (C=O) groups excluding carboxylic acids is 3. The number of fused-ring (bicyclic) bond motifs is 1. The lowest BCUT2D eigenvalue weighted by Crippen LogP contribution is -2.57. The second-order valence-electron chi connectivity index (χ2n) is 9.67. The fourth-order valence-electron chi connectivity index (χ4n) is 6.91. The van der Waals surface area contributed by atoms with Crippen LogP contribution in [-0.4, -0.2) is 28.0 Å². The van der Waals surface area contributed by atoms with E-state index in [-0.39, 0.29) is 27.1 Å². The zero-order valence-electron chi connectivity index (χ0n) is 16.2. The highest BCUT2D eigenvalue weighted by atomic mass is 79.9. The van der Waals surface area contributed by atoms with Crippen LogP contribution in [-0.2, 0) is 14.4 Å². The predicted octanol–water partition coefficient (Wildman–Crippen LogP) is 2.73. The highest BCUT2D eigenvalue weighted by Crippen LogP contribution is 2.65. The molecule has 5 atom stereocenters. The molecule has 7 rings (SSSR count). The third-order valence-electron chi connectivity index (χ3n) is 7.57. The Bertz CT molecular complexity index is 1040. The lowest BCUT2D eigenvalue weighted by atomic mass is 9.48. The molecule has 2 heterocycles. The van der Waals surface area contributed by atoms with Gasteiger partial charge in [0.15, 0.2) is 5.78 Å². The summed E-state index contributed by atoms with van der Waals surface area (Å²) in [5.41, 5.74) is 5.75. The van der Waals surface area contributed by atoms with Crippen molar-refractivity contribution >= 4 is 39.2 Å². The van der Waals surface area contributed by atoms with Crippen LogP contribution in [0, 0.1) is 23.1 Å². The van der Waals surface area contributed by atoms with Gasteiger partial charge in [0, 0.05) is 9.74 Å². The fraction of sp³-hybridized carbons (Fsp3) is 0.500. The number of Topliss-reactive ketones (excluding diaryl/α,β-unsaturated/α-hetero) is 1. The molecule has 2 aliphatic heterocycles. The zero-order chi connectivity index (χ0) is 20.8. The second kappa shape index (κ2) is 6.01. The molecule has 0 aromatic heterocycles. The zero-order valence-corrected chi connectivity index (χ0v) is 17.8. The molecule has 1 saturated heterocycles. The van der Waals surface area contributed by atoms with Crippen LogP contribution in [0.4, 0.5) is 10.1 Å². The highest BCUT2D eigenvalue weighted by Gasteiger charge is 2.61. The topological polar surface area (TPSA) is 78.5 Å². The minimum Gasteiger partial charge on any atom is -0.317 e. The van der Waals surface area contributed by atoms with Crippen LogP contribution in [0.1, 0.15) is 38.5 Å². The number of imide groups is 1. The summed E-state index contributed by atoms with van der Waals surface area (Å²) >= 11 is 3.93. The van der Waals surface area contributed by atoms with E-state index >= 15 is 0 Å². The Labute approximate surface area is 181 Å². The lowest BCUT2D eigenvalue weighted by Gasteiger charge is -2.59. The Morgan fingerprint density at radius 3 is 2.57 bits per heavy atom. The van der Waals surface area contributed by atoms with Gasteiger partial charge in [0.1, 0.15) is 17.6 Å². The summed E-state index contributed by atoms with van der Waals surface area (Å²) < 4.78 is 13.7. The summed E-state index contributed by atoms with van der Waals surface area (Å²) in [6, 6.07) is 4.46. The van der Waals surface area contributed by atoms with Crippen LogP contribution in [0.3, 0.4) is 0 Å². The van der Waals surface area contributed by atoms with Crippen molar-refractivity contribution in [3.05, 3.63) is 41.4 Å². The van der Waals surface area contributed by atoms with Crippen molar-refractivity contribution in [3.63, 3.8) is 0 Å². The van der Waals surface area contributed by atoms with Crippen LogP contribution in [0.25, 0.3) is 0 Å². The van der Waals surface area contributed by atoms with Crippen molar-refractivity contribution in [2.75, 3.05) is 4.90 Å². The molecule has 8 heteroatoms. The molecule has 5 fully saturated rings. The number of benzene rings is 1. The number of allylic oxidation sites excluding steroid dienone is 1. The standard InChI is InChI=1S/C22H21BrFN3O3/c23-22-8-11-4-12(9-22)7-21(6-11,10-22)18(28)16-15-17(26-25-16)20(30)27(19(15)29)14-3-1-2-13(24)5-14/h1-3,5,11-12,17,25-26H,4,6-10H2/t11-,12+,17-,21?,22?/m0/s1. The SMILES string of the molecule is O=C1C2=C(C(=O)C34C[C@@H]5C[C@@H](CC(Br)(C5)C3)C4)NN[C@@H]2C(=O)N1c1cccc(F)c1. The molecular formula is C22H21BrFN3O3. The van der Waals surface area contributed by atoms with E-state index in [1.54, 1.807) is 0 Å². The van der Waals surface area contributed by atoms with Gasteiger partial charge >= 0.3 is 0 Å². The van der Waals surface area contributed by atoms with Gasteiger partial charge in [-0.05, 0) is 68.6 Å². The van der Waals surface area contributed by atoms with Crippen molar-refractivity contribution in [1.29, 1.82) is 0 Å². The summed E-state index contributed by atoms with van der Waals surface area (Å²) in [4.78, 5) is 40.9. The second-order valence-corrected chi connectivity index (χ2v) is 11.4. The summed E-state index contributed by atoms with van der Waals surface area (Å²) in [5.74, 6) is -0.608. The first-order valence-corrected chi connectivity index (χ1v) is 11.2. The van der Waals surface area contributed by atoms with E-state index in [2.05, 4.69) is 26.8 Å². The summed E-state index contributed by atoms with van der Waals surface area (Å²) in [5, 5.41) is 0. The average Bonchev–Trinajstić information content (AvgIpc) is 3.19. The molecule has 0 radical (unpaired) electrons. The van der Waals surface area contributed by atoms with Crippen LogP contribution < -0.4 is 15.8 Å². The molecule has 1 aromatic carbocycles. The smallest absolute Gasteiger partial charge is 0.265 e. The molecule has 2 unspecified atom stereocenters. The molecule has 2 amide bonds. The van der Waals surface area contributed by atoms with Gasteiger partial charge in [-0.1, -0.05) is 22.0 Å². The molecule has 4 bridgehead atoms. The van der Waals surface area contributed by atoms with Crippen molar-refractivity contribution in [1.82, 2.24) is 10.9 Å². The monoisotopic (exact) mass is 473 g/mol. The number of nitrogens with one attached hydrogen (secondary N) is 2. The molecule has 6 nitrogen and oxygen atoms in total. The van der Waals surface area contributed by atoms with Gasteiger partial charge in [0.25, 0.3) is 11.8 Å². The third-order valence-corrected chi connectivity index (χ3v) is 8.49. The molecule has 4 saturated carbocycles. The molecule has 30 heavy (non-hydrogen) atoms. The number of hydrogen-bond donors (Lipinski definition) is 2. The number of rotatable bonds is 3. The Morgan fingerprint density at radius 1 is 1.17 bits per heavy atom. The van der Waals surface area contributed by atoms with Gasteiger partial charge in [0.2, 0.25) is 0 Å². The van der Waals surface area contributed by atoms with Crippen LogP contribution in [0.2, 0.25) is 0 Å². The van der Waals surface area contributed by atoms with E-state index in [9.17, 15) is 18.8 Å². The number of anilines is 1. The predicted molar refractivity (Wildman–Crippen MR) is 110 cm³/mol. The van der Waals surface area contributed by atoms with Gasteiger partial charge in [-0.15, -0.1) is 0 Å². The Morgan fingerprint density at radius 2 is 1.90 bits per heavy atom. The van der Waals surface area contributed by atoms with Crippen LogP contribution in [0.5, 0.6) is 0 Å². The van der Waals surface area contributed by atoms with Gasteiger partial charge in [-0.2, -0.15) is 0 Å². The Hall–Kier alpha value is -2.06. The maximum Gasteiger partial charge on any atom is 0.265 e. The van der Waals surface area contributed by atoms with E-state index in [0.717, 1.165) is 43.1 Å². The van der Waals surface area contributed by atoms with Crippen molar-refractivity contribution in [2.24, 2.45) is 17.3 Å². The molecule has 4 aliphatic carbocycles. The van der Waals surface area contributed by atoms with E-state index in [0.29, 0.717) is 11.8 Å². The summed E-state index contributed by atoms with van der Waals surface area (Å²) in [6.45, 7) is 0. The maximum absolute atomic E-state index is 13.8. The first-order valence-electron chi connectivity index (χ1n) is 10.4. The number of hydrogen-bond acceptors (Lipinski definition) is 5. The van der Waals surface area contributed by atoms with E-state index in [1.165, 1.54) is 24.6 Å². The van der Waals surface area contributed by atoms with Crippen LogP contribution >= 0.6 is 15.9 Å². The highest BCUT2D eigenvalue weighted by molar-refractivity contribution is 9.10. The Balaban J connectivity index is 1.39. The number of nitrogens with zero attached hydrogens (tertiary/aromatic N) is 1. The van der Waals surface area contributed by atoms with Crippen molar-refractivity contribution < 1.29 is 18.8 Å². The minimum atomic E-state index is -0.924. The lowest BCUT2D eigenvalue weighted by molar-refractivity contribution is -0.138. The number of carbonyl (C=O) groups is 3. The fourth-order valence-corrected chi connectivity index (χ4v) is 8.37. The van der Waals surface area contributed by atoms with Crippen LogP contribution in [0.15, 0.2) is 35.5 Å². The first kappa shape index (κ1) is 18.7. The quantitative estimate of drug-likeness (QED) is 0.521. The number of ketones is 1. The van der Waals surface area contributed by atoms with E-state index in [1.807, 2.05) is 0 Å². The summed E-state index contributed by atoms with van der Waals surface area (Å²) in [7, 11) is 0. The first-order chi connectivity index (χ1) is 14.3. The normalized spacial score (nSPS) is 39.0. The number of amides is 2. The number of halogens is 2. The van der Waals surface area contributed by atoms with Crippen molar-refractivity contribution in [2.45, 2.75) is 48.9 Å². The molecule has 2 N–H and O–H groups in total. The van der Waals surface area contributed by atoms with Gasteiger partial charge in [-0.25, -0.2) is 14.7 Å². The van der Waals surface area contributed by atoms with E-state index < -0.39 is 29.1 Å². The molecule has 0 spiro atoms. The molecule has 6 aliphatic rings. The summed E-state index contributed by atoms with van der Waals surface area (Å²) in [6.07, 6.45) is 5.83. The molecule has 1 aromatic rings. The minimum absolute atomic E-state index is 0.00646. The third kappa shape index (κ3) is 2.46. The van der Waals surface area contributed by atoms with Gasteiger partial charge in [-0.3, -0.25) is 14.4 Å². The molecule has 156 valence electrons. The average molecular weight is 474 g/mol. The Kier molecular flexibility index (Phi) is 3.74. The van der Waals surface area contributed by atoms with Gasteiger partial charge < -0.3 is 5.43 Å². The molecular weight excluding hydrogens is 453 g/mol.